The van der Waals surface area contributed by atoms with Crippen LogP contribution in [0.15, 0.2) is 28.9 Å². The Kier molecular flexibility index (Phi) is 4.78. The minimum atomic E-state index is 0.444. The average Bonchev–Trinajstić information content (AvgIpc) is 3.03. The zero-order chi connectivity index (χ0) is 16.4. The quantitative estimate of drug-likeness (QED) is 0.849. The van der Waals surface area contributed by atoms with E-state index in [1.165, 1.54) is 12.0 Å². The summed E-state index contributed by atoms with van der Waals surface area (Å²) >= 11 is 0. The lowest BCUT2D eigenvalue weighted by atomic mass is 9.94. The molecule has 124 valence electrons. The Bertz CT molecular complexity index is 620. The van der Waals surface area contributed by atoms with E-state index in [1.54, 1.807) is 0 Å². The van der Waals surface area contributed by atoms with Crippen LogP contribution in [0.2, 0.25) is 0 Å². The molecule has 1 saturated heterocycles. The van der Waals surface area contributed by atoms with E-state index in [1.807, 2.05) is 32.3 Å². The summed E-state index contributed by atoms with van der Waals surface area (Å²) in [6, 6.07) is 4.66. The topological polar surface area (TPSA) is 45.4 Å². The van der Waals surface area contributed by atoms with Crippen molar-refractivity contribution >= 4 is 0 Å². The molecule has 0 unspecified atom stereocenters. The fraction of sp³-hybridized carbons (Fsp3) is 0.556. The molecule has 0 spiro atoms. The van der Waals surface area contributed by atoms with Gasteiger partial charge < -0.3 is 4.42 Å². The molecule has 0 N–H and O–H groups in total. The van der Waals surface area contributed by atoms with Crippen LogP contribution in [0, 0.1) is 19.8 Å². The molecule has 1 aliphatic rings. The number of hydrogen-bond donors (Lipinski definition) is 0. The predicted octanol–water partition coefficient (Wildman–Crippen LogP) is 2.81. The largest absolute Gasteiger partial charge is 0.444 e. The maximum absolute atomic E-state index is 5.71. The summed E-state index contributed by atoms with van der Waals surface area (Å²) in [5.74, 6) is 2.33. The third-order valence-corrected chi connectivity index (χ3v) is 4.82. The van der Waals surface area contributed by atoms with Gasteiger partial charge >= 0.3 is 0 Å². The molecule has 0 aliphatic carbocycles. The molecule has 5 heteroatoms. The number of aromatic nitrogens is 2. The summed E-state index contributed by atoms with van der Waals surface area (Å²) in [6.45, 7) is 6.89. The molecule has 0 saturated carbocycles. The highest BCUT2D eigenvalue weighted by molar-refractivity contribution is 5.17. The van der Waals surface area contributed by atoms with Crippen molar-refractivity contribution in [1.82, 2.24) is 19.8 Å². The van der Waals surface area contributed by atoms with Gasteiger partial charge in [0, 0.05) is 25.0 Å². The van der Waals surface area contributed by atoms with E-state index in [-0.39, 0.29) is 0 Å². The molecule has 2 aromatic heterocycles. The fourth-order valence-corrected chi connectivity index (χ4v) is 3.60. The van der Waals surface area contributed by atoms with Crippen LogP contribution in [0.1, 0.15) is 35.4 Å². The third kappa shape index (κ3) is 3.62. The smallest absolute Gasteiger partial charge is 0.208 e. The Morgan fingerprint density at radius 3 is 2.87 bits per heavy atom. The highest BCUT2D eigenvalue weighted by Crippen LogP contribution is 2.36. The van der Waals surface area contributed by atoms with Gasteiger partial charge in [-0.2, -0.15) is 0 Å². The summed E-state index contributed by atoms with van der Waals surface area (Å²) in [7, 11) is 4.35. The van der Waals surface area contributed by atoms with E-state index in [0.29, 0.717) is 12.0 Å². The summed E-state index contributed by atoms with van der Waals surface area (Å²) in [5, 5.41) is 0. The van der Waals surface area contributed by atoms with Gasteiger partial charge in [0.1, 0.15) is 5.76 Å². The van der Waals surface area contributed by atoms with Gasteiger partial charge in [-0.1, -0.05) is 6.07 Å². The Labute approximate surface area is 138 Å². The molecular weight excluding hydrogens is 288 g/mol. The maximum atomic E-state index is 5.71. The minimum Gasteiger partial charge on any atom is -0.444 e. The first-order valence-electron chi connectivity index (χ1n) is 8.26. The van der Waals surface area contributed by atoms with Crippen LogP contribution in [0.4, 0.5) is 0 Å². The Morgan fingerprint density at radius 1 is 1.39 bits per heavy atom. The van der Waals surface area contributed by atoms with Crippen LogP contribution in [0.3, 0.4) is 0 Å². The molecule has 3 heterocycles. The molecule has 3 rings (SSSR count). The standard InChI is InChI=1S/C18H26N4O/c1-13-14(2)23-17(20-13)12-21(3)11-16-7-9-22(4)18(16)15-6-5-8-19-10-15/h5-6,8,10,16,18H,7,9,11-12H2,1-4H3/t16-,18-/m0/s1. The van der Waals surface area contributed by atoms with Crippen LogP contribution in [-0.2, 0) is 6.54 Å². The number of nitrogens with zero attached hydrogens (tertiary/aromatic N) is 4. The van der Waals surface area contributed by atoms with Crippen molar-refractivity contribution in [2.75, 3.05) is 27.2 Å². The van der Waals surface area contributed by atoms with Crippen molar-refractivity contribution in [2.24, 2.45) is 5.92 Å². The second-order valence-electron chi connectivity index (χ2n) is 6.71. The van der Waals surface area contributed by atoms with Gasteiger partial charge in [0.15, 0.2) is 0 Å². The zero-order valence-electron chi connectivity index (χ0n) is 14.5. The summed E-state index contributed by atoms with van der Waals surface area (Å²) in [5.41, 5.74) is 2.30. The van der Waals surface area contributed by atoms with Gasteiger partial charge in [0.05, 0.1) is 12.2 Å². The van der Waals surface area contributed by atoms with Crippen LogP contribution in [0.5, 0.6) is 0 Å². The Hall–Kier alpha value is -1.72. The number of rotatable bonds is 5. The lowest BCUT2D eigenvalue weighted by Crippen LogP contribution is -2.30. The van der Waals surface area contributed by atoms with Gasteiger partial charge in [-0.05, 0) is 58.5 Å². The predicted molar refractivity (Wildman–Crippen MR) is 90.0 cm³/mol. The molecule has 5 nitrogen and oxygen atoms in total. The number of aryl methyl sites for hydroxylation is 2. The third-order valence-electron chi connectivity index (χ3n) is 4.82. The Balaban J connectivity index is 1.66. The van der Waals surface area contributed by atoms with E-state index in [4.69, 9.17) is 4.42 Å². The molecule has 2 atom stereocenters. The molecule has 0 aromatic carbocycles. The second-order valence-corrected chi connectivity index (χ2v) is 6.71. The molecule has 0 bridgehead atoms. The van der Waals surface area contributed by atoms with Crippen molar-refractivity contribution in [3.63, 3.8) is 0 Å². The Morgan fingerprint density at radius 2 is 2.22 bits per heavy atom. The highest BCUT2D eigenvalue weighted by Gasteiger charge is 2.33. The normalized spacial score (nSPS) is 22.1. The first-order valence-corrected chi connectivity index (χ1v) is 8.26. The number of pyridine rings is 1. The average molecular weight is 314 g/mol. The van der Waals surface area contributed by atoms with Gasteiger partial charge in [-0.3, -0.25) is 14.8 Å². The first-order chi connectivity index (χ1) is 11.0. The van der Waals surface area contributed by atoms with E-state index in [2.05, 4.69) is 39.9 Å². The number of hydrogen-bond acceptors (Lipinski definition) is 5. The van der Waals surface area contributed by atoms with Gasteiger partial charge in [0.25, 0.3) is 0 Å². The van der Waals surface area contributed by atoms with Crippen LogP contribution < -0.4 is 0 Å². The maximum Gasteiger partial charge on any atom is 0.208 e. The van der Waals surface area contributed by atoms with Crippen LogP contribution >= 0.6 is 0 Å². The van der Waals surface area contributed by atoms with E-state index >= 15 is 0 Å². The molecule has 23 heavy (non-hydrogen) atoms. The molecule has 1 fully saturated rings. The van der Waals surface area contributed by atoms with Crippen molar-refractivity contribution < 1.29 is 4.42 Å². The second kappa shape index (κ2) is 6.81. The summed E-state index contributed by atoms with van der Waals surface area (Å²) < 4.78 is 5.71. The van der Waals surface area contributed by atoms with Crippen LogP contribution in [0.25, 0.3) is 0 Å². The monoisotopic (exact) mass is 314 g/mol. The van der Waals surface area contributed by atoms with E-state index in [0.717, 1.165) is 37.0 Å². The van der Waals surface area contributed by atoms with Gasteiger partial charge in [-0.25, -0.2) is 4.98 Å². The van der Waals surface area contributed by atoms with E-state index < -0.39 is 0 Å². The first kappa shape index (κ1) is 16.1. The number of likely N-dealkylation sites (tertiary alicyclic amines) is 1. The molecule has 0 amide bonds. The van der Waals surface area contributed by atoms with Crippen molar-refractivity contribution in [1.29, 1.82) is 0 Å². The molecule has 2 aromatic rings. The fourth-order valence-electron chi connectivity index (χ4n) is 3.60. The lowest BCUT2D eigenvalue weighted by Gasteiger charge is -2.28. The van der Waals surface area contributed by atoms with Crippen molar-refractivity contribution in [3.8, 4) is 0 Å². The van der Waals surface area contributed by atoms with Gasteiger partial charge in [0.2, 0.25) is 5.89 Å². The highest BCUT2D eigenvalue weighted by atomic mass is 16.4. The van der Waals surface area contributed by atoms with Crippen molar-refractivity contribution in [3.05, 3.63) is 47.4 Å². The zero-order valence-corrected chi connectivity index (χ0v) is 14.5. The van der Waals surface area contributed by atoms with Crippen LogP contribution in [-0.4, -0.2) is 47.0 Å². The number of oxazole rings is 1. The summed E-state index contributed by atoms with van der Waals surface area (Å²) in [6.07, 6.45) is 5.05. The van der Waals surface area contributed by atoms with Gasteiger partial charge in [-0.15, -0.1) is 0 Å². The minimum absolute atomic E-state index is 0.444. The molecular formula is C18H26N4O. The summed E-state index contributed by atoms with van der Waals surface area (Å²) in [4.78, 5) is 13.5. The van der Waals surface area contributed by atoms with Crippen molar-refractivity contribution in [2.45, 2.75) is 32.9 Å². The van der Waals surface area contributed by atoms with E-state index in [9.17, 15) is 0 Å². The lowest BCUT2D eigenvalue weighted by molar-refractivity contribution is 0.202. The molecule has 1 aliphatic heterocycles. The SMILES string of the molecule is Cc1nc(CN(C)C[C@@H]2CCN(C)[C@H]2c2cccnc2)oc1C. The molecule has 0 radical (unpaired) electrons.